The Morgan fingerprint density at radius 2 is 1.96 bits per heavy atom. The first-order chi connectivity index (χ1) is 12.0. The molecule has 0 spiro atoms. The van der Waals surface area contributed by atoms with E-state index in [4.69, 9.17) is 0 Å². The molecule has 0 bridgehead atoms. The SMILES string of the molecule is Cc1cccc(CC(CNC(=O)CNC(=O)c2cccs2)C(=O)O)c1. The second kappa shape index (κ2) is 8.98. The topological polar surface area (TPSA) is 95.5 Å². The lowest BCUT2D eigenvalue weighted by Crippen LogP contribution is -2.40. The van der Waals surface area contributed by atoms with Crippen molar-refractivity contribution in [2.45, 2.75) is 13.3 Å². The molecule has 1 unspecified atom stereocenters. The molecule has 1 aromatic heterocycles. The van der Waals surface area contributed by atoms with Gasteiger partial charge >= 0.3 is 5.97 Å². The van der Waals surface area contributed by atoms with Crippen molar-refractivity contribution in [3.8, 4) is 0 Å². The van der Waals surface area contributed by atoms with E-state index < -0.39 is 17.8 Å². The van der Waals surface area contributed by atoms with E-state index in [2.05, 4.69) is 10.6 Å². The summed E-state index contributed by atoms with van der Waals surface area (Å²) in [5.74, 6) is -2.43. The third-order valence-corrected chi connectivity index (χ3v) is 4.48. The number of hydrogen-bond acceptors (Lipinski definition) is 4. The summed E-state index contributed by atoms with van der Waals surface area (Å²) in [5.41, 5.74) is 1.97. The molecule has 0 fully saturated rings. The van der Waals surface area contributed by atoms with Gasteiger partial charge in [0.1, 0.15) is 0 Å². The Bertz CT molecular complexity index is 743. The molecule has 2 aromatic rings. The van der Waals surface area contributed by atoms with Crippen molar-refractivity contribution in [3.63, 3.8) is 0 Å². The van der Waals surface area contributed by atoms with Gasteiger partial charge in [-0.15, -0.1) is 11.3 Å². The molecule has 3 N–H and O–H groups in total. The van der Waals surface area contributed by atoms with Crippen molar-refractivity contribution in [1.29, 1.82) is 0 Å². The van der Waals surface area contributed by atoms with Gasteiger partial charge in [0.2, 0.25) is 5.91 Å². The molecule has 1 atom stereocenters. The number of carbonyl (C=O) groups is 3. The molecule has 0 saturated carbocycles. The van der Waals surface area contributed by atoms with Crippen molar-refractivity contribution in [2.24, 2.45) is 5.92 Å². The van der Waals surface area contributed by atoms with Gasteiger partial charge < -0.3 is 15.7 Å². The minimum absolute atomic E-state index is 0.0109. The summed E-state index contributed by atoms with van der Waals surface area (Å²) in [6.07, 6.45) is 0.332. The first-order valence-corrected chi connectivity index (χ1v) is 8.70. The molecule has 0 radical (unpaired) electrons. The Labute approximate surface area is 149 Å². The van der Waals surface area contributed by atoms with Crippen LogP contribution in [-0.4, -0.2) is 36.0 Å². The average molecular weight is 360 g/mol. The highest BCUT2D eigenvalue weighted by molar-refractivity contribution is 7.12. The van der Waals surface area contributed by atoms with Gasteiger partial charge in [0, 0.05) is 6.54 Å². The van der Waals surface area contributed by atoms with Crippen LogP contribution in [0.2, 0.25) is 0 Å². The van der Waals surface area contributed by atoms with Gasteiger partial charge in [-0.05, 0) is 30.4 Å². The third kappa shape index (κ3) is 6.04. The second-order valence-corrected chi connectivity index (χ2v) is 6.64. The van der Waals surface area contributed by atoms with E-state index >= 15 is 0 Å². The maximum atomic E-state index is 11.8. The molecule has 2 amide bonds. The van der Waals surface area contributed by atoms with Crippen molar-refractivity contribution < 1.29 is 19.5 Å². The van der Waals surface area contributed by atoms with E-state index in [1.54, 1.807) is 17.5 Å². The number of hydrogen-bond donors (Lipinski definition) is 3. The van der Waals surface area contributed by atoms with Crippen LogP contribution in [-0.2, 0) is 16.0 Å². The first-order valence-electron chi connectivity index (χ1n) is 7.82. The van der Waals surface area contributed by atoms with Crippen LogP contribution in [0.1, 0.15) is 20.8 Å². The molecular weight excluding hydrogens is 340 g/mol. The predicted octanol–water partition coefficient (Wildman–Crippen LogP) is 1.85. The van der Waals surface area contributed by atoms with Crippen LogP contribution in [0, 0.1) is 12.8 Å². The zero-order valence-corrected chi connectivity index (χ0v) is 14.6. The van der Waals surface area contributed by atoms with Gasteiger partial charge in [-0.3, -0.25) is 14.4 Å². The predicted molar refractivity (Wildman–Crippen MR) is 95.7 cm³/mol. The summed E-state index contributed by atoms with van der Waals surface area (Å²) in [4.78, 5) is 35.5. The molecular formula is C18H20N2O4S. The van der Waals surface area contributed by atoms with Crippen LogP contribution < -0.4 is 10.6 Å². The summed E-state index contributed by atoms with van der Waals surface area (Å²) in [6, 6.07) is 11.0. The number of carboxylic acids is 1. The van der Waals surface area contributed by atoms with Crippen molar-refractivity contribution in [3.05, 3.63) is 57.8 Å². The van der Waals surface area contributed by atoms with Crippen molar-refractivity contribution in [2.75, 3.05) is 13.1 Å². The van der Waals surface area contributed by atoms with Crippen LogP contribution in [0.5, 0.6) is 0 Å². The fourth-order valence-corrected chi connectivity index (χ4v) is 2.97. The quantitative estimate of drug-likeness (QED) is 0.669. The number of nitrogens with one attached hydrogen (secondary N) is 2. The summed E-state index contributed by atoms with van der Waals surface area (Å²) in [5, 5.41) is 16.2. The molecule has 7 heteroatoms. The van der Waals surface area contributed by atoms with Crippen LogP contribution in [0.15, 0.2) is 41.8 Å². The molecule has 1 heterocycles. The number of amides is 2. The second-order valence-electron chi connectivity index (χ2n) is 5.69. The highest BCUT2D eigenvalue weighted by Gasteiger charge is 2.19. The average Bonchev–Trinajstić information content (AvgIpc) is 3.10. The van der Waals surface area contributed by atoms with Gasteiger partial charge in [0.05, 0.1) is 17.3 Å². The summed E-state index contributed by atoms with van der Waals surface area (Å²) < 4.78 is 0. The number of carboxylic acid groups (broad SMARTS) is 1. The van der Waals surface area contributed by atoms with Gasteiger partial charge in [0.25, 0.3) is 5.91 Å². The number of thiophene rings is 1. The number of carbonyl (C=O) groups excluding carboxylic acids is 2. The van der Waals surface area contributed by atoms with Gasteiger partial charge in [-0.1, -0.05) is 35.9 Å². The fourth-order valence-electron chi connectivity index (χ4n) is 2.33. The minimum Gasteiger partial charge on any atom is -0.481 e. The van der Waals surface area contributed by atoms with Crippen molar-refractivity contribution >= 4 is 29.1 Å². The zero-order valence-electron chi connectivity index (χ0n) is 13.8. The van der Waals surface area contributed by atoms with E-state index in [0.29, 0.717) is 11.3 Å². The largest absolute Gasteiger partial charge is 0.481 e. The molecule has 6 nitrogen and oxygen atoms in total. The van der Waals surface area contributed by atoms with Gasteiger partial charge in [-0.2, -0.15) is 0 Å². The Kier molecular flexibility index (Phi) is 6.71. The summed E-state index contributed by atoms with van der Waals surface area (Å²) in [6.45, 7) is 1.77. The van der Waals surface area contributed by atoms with E-state index in [9.17, 15) is 19.5 Å². The molecule has 132 valence electrons. The minimum atomic E-state index is -0.968. The Morgan fingerprint density at radius 1 is 1.16 bits per heavy atom. The Morgan fingerprint density at radius 3 is 2.60 bits per heavy atom. The summed E-state index contributed by atoms with van der Waals surface area (Å²) >= 11 is 1.29. The normalized spacial score (nSPS) is 11.6. The standard InChI is InChI=1S/C18H20N2O4S/c1-12-4-2-5-13(8-12)9-14(18(23)24)10-19-16(21)11-20-17(22)15-6-3-7-25-15/h2-8,14H,9-11H2,1H3,(H,19,21)(H,20,22)(H,23,24). The first kappa shape index (κ1) is 18.7. The molecule has 0 aliphatic rings. The maximum Gasteiger partial charge on any atom is 0.308 e. The van der Waals surface area contributed by atoms with Crippen LogP contribution in [0.25, 0.3) is 0 Å². The third-order valence-electron chi connectivity index (χ3n) is 3.61. The molecule has 0 aliphatic heterocycles. The fraction of sp³-hybridized carbons (Fsp3) is 0.278. The maximum absolute atomic E-state index is 11.8. The number of rotatable bonds is 8. The molecule has 0 aliphatic carbocycles. The zero-order chi connectivity index (χ0) is 18.2. The lowest BCUT2D eigenvalue weighted by Gasteiger charge is -2.14. The van der Waals surface area contributed by atoms with Crippen LogP contribution in [0.3, 0.4) is 0 Å². The van der Waals surface area contributed by atoms with E-state index in [-0.39, 0.29) is 19.0 Å². The monoisotopic (exact) mass is 360 g/mol. The molecule has 0 saturated heterocycles. The highest BCUT2D eigenvalue weighted by Crippen LogP contribution is 2.11. The number of aliphatic carboxylic acids is 1. The van der Waals surface area contributed by atoms with E-state index in [0.717, 1.165) is 11.1 Å². The number of benzene rings is 1. The summed E-state index contributed by atoms with van der Waals surface area (Å²) in [7, 11) is 0. The van der Waals surface area contributed by atoms with Gasteiger partial charge in [-0.25, -0.2) is 0 Å². The molecule has 2 rings (SSSR count). The molecule has 25 heavy (non-hydrogen) atoms. The highest BCUT2D eigenvalue weighted by atomic mass is 32.1. The lowest BCUT2D eigenvalue weighted by molar-refractivity contribution is -0.141. The lowest BCUT2D eigenvalue weighted by atomic mass is 9.98. The Hall–Kier alpha value is -2.67. The molecule has 1 aromatic carbocycles. The van der Waals surface area contributed by atoms with Crippen LogP contribution in [0.4, 0.5) is 0 Å². The van der Waals surface area contributed by atoms with Gasteiger partial charge in [0.15, 0.2) is 0 Å². The van der Waals surface area contributed by atoms with Crippen molar-refractivity contribution in [1.82, 2.24) is 10.6 Å². The van der Waals surface area contributed by atoms with Crippen LogP contribution >= 0.6 is 11.3 Å². The Balaban J connectivity index is 1.81. The smallest absolute Gasteiger partial charge is 0.308 e. The van der Waals surface area contributed by atoms with E-state index in [1.165, 1.54) is 11.3 Å². The number of aryl methyl sites for hydroxylation is 1. The van der Waals surface area contributed by atoms with E-state index in [1.807, 2.05) is 31.2 Å².